The molecular formula is C16H24N4O. The van der Waals surface area contributed by atoms with E-state index in [4.69, 9.17) is 0 Å². The summed E-state index contributed by atoms with van der Waals surface area (Å²) in [4.78, 5) is 18.7. The molecule has 5 heteroatoms. The summed E-state index contributed by atoms with van der Waals surface area (Å²) in [5, 5.41) is 6.56. The summed E-state index contributed by atoms with van der Waals surface area (Å²) in [6, 6.07) is 6.48. The molecule has 0 radical (unpaired) electrons. The van der Waals surface area contributed by atoms with Crippen LogP contribution in [0, 0.1) is 0 Å². The van der Waals surface area contributed by atoms with Crippen molar-refractivity contribution in [3.8, 4) is 0 Å². The van der Waals surface area contributed by atoms with Crippen molar-refractivity contribution < 1.29 is 4.79 Å². The molecule has 1 unspecified atom stereocenters. The standard InChI is InChI=1S/C16H24N4O/c21-16-14(5-1-3-10-18-16)19-13-7-11-20(12-8-13)15-6-2-4-9-17-15/h2,4,6,9,13-14,19H,1,3,5,7-8,10-12H2,(H,18,21). The third-order valence-electron chi connectivity index (χ3n) is 4.44. The first-order valence-corrected chi connectivity index (χ1v) is 8.02. The lowest BCUT2D eigenvalue weighted by atomic mass is 10.0. The molecule has 2 aliphatic heterocycles. The SMILES string of the molecule is O=C1NCCCCC1NC1CCN(c2ccccn2)CC1. The lowest BCUT2D eigenvalue weighted by Crippen LogP contribution is -2.51. The Hall–Kier alpha value is -1.62. The zero-order chi connectivity index (χ0) is 14.5. The van der Waals surface area contributed by atoms with Crippen molar-refractivity contribution in [3.05, 3.63) is 24.4 Å². The normalized spacial score (nSPS) is 24.5. The Morgan fingerprint density at radius 2 is 2.05 bits per heavy atom. The second-order valence-corrected chi connectivity index (χ2v) is 5.96. The van der Waals surface area contributed by atoms with E-state index in [0.717, 1.165) is 57.6 Å². The largest absolute Gasteiger partial charge is 0.357 e. The van der Waals surface area contributed by atoms with Gasteiger partial charge in [0.1, 0.15) is 5.82 Å². The van der Waals surface area contributed by atoms with Crippen molar-refractivity contribution in [2.45, 2.75) is 44.2 Å². The van der Waals surface area contributed by atoms with E-state index < -0.39 is 0 Å². The van der Waals surface area contributed by atoms with Crippen LogP contribution in [0.4, 0.5) is 5.82 Å². The third-order valence-corrected chi connectivity index (χ3v) is 4.44. The number of rotatable bonds is 3. The predicted molar refractivity (Wildman–Crippen MR) is 83.3 cm³/mol. The van der Waals surface area contributed by atoms with Crippen LogP contribution in [0.3, 0.4) is 0 Å². The molecule has 2 aliphatic rings. The quantitative estimate of drug-likeness (QED) is 0.880. The summed E-state index contributed by atoms with van der Waals surface area (Å²) in [7, 11) is 0. The Morgan fingerprint density at radius 3 is 2.81 bits per heavy atom. The molecule has 1 aromatic rings. The van der Waals surface area contributed by atoms with E-state index in [9.17, 15) is 4.79 Å². The van der Waals surface area contributed by atoms with Gasteiger partial charge in [-0.3, -0.25) is 4.79 Å². The third kappa shape index (κ3) is 3.73. The van der Waals surface area contributed by atoms with Gasteiger partial charge in [0.05, 0.1) is 6.04 Å². The number of pyridine rings is 1. The van der Waals surface area contributed by atoms with Crippen LogP contribution in [-0.4, -0.2) is 42.6 Å². The zero-order valence-corrected chi connectivity index (χ0v) is 12.4. The van der Waals surface area contributed by atoms with Crippen molar-refractivity contribution in [1.82, 2.24) is 15.6 Å². The molecule has 1 amide bonds. The molecule has 2 saturated heterocycles. The number of carbonyl (C=O) groups is 1. The number of amides is 1. The maximum atomic E-state index is 12.0. The van der Waals surface area contributed by atoms with Crippen molar-refractivity contribution >= 4 is 11.7 Å². The van der Waals surface area contributed by atoms with Crippen LogP contribution >= 0.6 is 0 Å². The van der Waals surface area contributed by atoms with E-state index in [1.165, 1.54) is 0 Å². The highest BCUT2D eigenvalue weighted by Crippen LogP contribution is 2.18. The molecule has 114 valence electrons. The topological polar surface area (TPSA) is 57.3 Å². The Morgan fingerprint density at radius 1 is 1.19 bits per heavy atom. The molecule has 5 nitrogen and oxygen atoms in total. The second-order valence-electron chi connectivity index (χ2n) is 5.96. The Balaban J connectivity index is 1.50. The number of aromatic nitrogens is 1. The molecule has 3 rings (SSSR count). The number of hydrogen-bond donors (Lipinski definition) is 2. The minimum absolute atomic E-state index is 0.00102. The number of nitrogens with one attached hydrogen (secondary N) is 2. The first-order chi connectivity index (χ1) is 10.3. The molecule has 2 fully saturated rings. The van der Waals surface area contributed by atoms with Gasteiger partial charge in [-0.05, 0) is 44.2 Å². The van der Waals surface area contributed by atoms with Gasteiger partial charge in [0.25, 0.3) is 0 Å². The summed E-state index contributed by atoms with van der Waals surface area (Å²) in [5.74, 6) is 1.24. The summed E-state index contributed by atoms with van der Waals surface area (Å²) in [5.41, 5.74) is 0. The highest BCUT2D eigenvalue weighted by Gasteiger charge is 2.26. The van der Waals surface area contributed by atoms with Gasteiger partial charge in [-0.2, -0.15) is 0 Å². The van der Waals surface area contributed by atoms with E-state index in [0.29, 0.717) is 6.04 Å². The second kappa shape index (κ2) is 6.89. The first kappa shape index (κ1) is 14.3. The number of nitrogens with zero attached hydrogens (tertiary/aromatic N) is 2. The monoisotopic (exact) mass is 288 g/mol. The number of anilines is 1. The van der Waals surface area contributed by atoms with Gasteiger partial charge in [0.2, 0.25) is 5.91 Å². The van der Waals surface area contributed by atoms with E-state index in [1.54, 1.807) is 0 Å². The molecule has 0 aromatic carbocycles. The fraction of sp³-hybridized carbons (Fsp3) is 0.625. The van der Waals surface area contributed by atoms with E-state index in [2.05, 4.69) is 26.6 Å². The molecule has 1 atom stereocenters. The summed E-state index contributed by atoms with van der Waals surface area (Å²) in [6.45, 7) is 2.83. The van der Waals surface area contributed by atoms with Gasteiger partial charge in [-0.1, -0.05) is 6.07 Å². The van der Waals surface area contributed by atoms with Crippen LogP contribution in [0.1, 0.15) is 32.1 Å². The minimum atomic E-state index is -0.00102. The summed E-state index contributed by atoms with van der Waals surface area (Å²) in [6.07, 6.45) is 7.17. The van der Waals surface area contributed by atoms with E-state index >= 15 is 0 Å². The van der Waals surface area contributed by atoms with Gasteiger partial charge in [0.15, 0.2) is 0 Å². The average Bonchev–Trinajstić information content (AvgIpc) is 2.74. The van der Waals surface area contributed by atoms with Crippen LogP contribution in [0.2, 0.25) is 0 Å². The molecule has 0 saturated carbocycles. The maximum absolute atomic E-state index is 12.0. The molecule has 0 bridgehead atoms. The van der Waals surface area contributed by atoms with Crippen molar-refractivity contribution in [2.24, 2.45) is 0 Å². The van der Waals surface area contributed by atoms with Crippen LogP contribution < -0.4 is 15.5 Å². The van der Waals surface area contributed by atoms with Gasteiger partial charge >= 0.3 is 0 Å². The Labute approximate surface area is 126 Å². The van der Waals surface area contributed by atoms with Gasteiger partial charge in [-0.15, -0.1) is 0 Å². The molecule has 3 heterocycles. The fourth-order valence-corrected chi connectivity index (χ4v) is 3.20. The molecule has 0 spiro atoms. The van der Waals surface area contributed by atoms with E-state index in [-0.39, 0.29) is 11.9 Å². The van der Waals surface area contributed by atoms with Crippen LogP contribution in [-0.2, 0) is 4.79 Å². The van der Waals surface area contributed by atoms with Gasteiger partial charge in [0, 0.05) is 31.9 Å². The first-order valence-electron chi connectivity index (χ1n) is 8.02. The maximum Gasteiger partial charge on any atom is 0.237 e. The Kier molecular flexibility index (Phi) is 4.70. The van der Waals surface area contributed by atoms with E-state index in [1.807, 2.05) is 18.3 Å². The summed E-state index contributed by atoms with van der Waals surface area (Å²) >= 11 is 0. The number of hydrogen-bond acceptors (Lipinski definition) is 4. The van der Waals surface area contributed by atoms with Gasteiger partial charge < -0.3 is 15.5 Å². The van der Waals surface area contributed by atoms with Crippen LogP contribution in [0.25, 0.3) is 0 Å². The van der Waals surface area contributed by atoms with Crippen molar-refractivity contribution in [3.63, 3.8) is 0 Å². The molecule has 2 N–H and O–H groups in total. The average molecular weight is 288 g/mol. The Bertz CT molecular complexity index is 457. The number of carbonyl (C=O) groups excluding carboxylic acids is 1. The van der Waals surface area contributed by atoms with Crippen molar-refractivity contribution in [2.75, 3.05) is 24.5 Å². The summed E-state index contributed by atoms with van der Waals surface area (Å²) < 4.78 is 0. The highest BCUT2D eigenvalue weighted by atomic mass is 16.2. The fourth-order valence-electron chi connectivity index (χ4n) is 3.20. The molecule has 1 aromatic heterocycles. The smallest absolute Gasteiger partial charge is 0.237 e. The lowest BCUT2D eigenvalue weighted by molar-refractivity contribution is -0.123. The molecule has 21 heavy (non-hydrogen) atoms. The molecule has 0 aliphatic carbocycles. The van der Waals surface area contributed by atoms with Crippen molar-refractivity contribution in [1.29, 1.82) is 0 Å². The van der Waals surface area contributed by atoms with Crippen LogP contribution in [0.15, 0.2) is 24.4 Å². The minimum Gasteiger partial charge on any atom is -0.357 e. The molecular weight excluding hydrogens is 264 g/mol. The zero-order valence-electron chi connectivity index (χ0n) is 12.4. The van der Waals surface area contributed by atoms with Crippen LogP contribution in [0.5, 0.6) is 0 Å². The highest BCUT2D eigenvalue weighted by molar-refractivity contribution is 5.81. The predicted octanol–water partition coefficient (Wildman–Crippen LogP) is 1.31. The lowest BCUT2D eigenvalue weighted by Gasteiger charge is -2.34. The van der Waals surface area contributed by atoms with Gasteiger partial charge in [-0.25, -0.2) is 4.98 Å². The number of piperidine rings is 1.